The van der Waals surface area contributed by atoms with Gasteiger partial charge in [-0.1, -0.05) is 44.2 Å². The summed E-state index contributed by atoms with van der Waals surface area (Å²) >= 11 is 0. The molecule has 0 aromatic heterocycles. The van der Waals surface area contributed by atoms with E-state index in [-0.39, 0.29) is 11.8 Å². The Labute approximate surface area is 142 Å². The average Bonchev–Trinajstić information content (AvgIpc) is 2.50. The molecule has 0 radical (unpaired) electrons. The molecule has 1 aromatic rings. The van der Waals surface area contributed by atoms with Gasteiger partial charge in [0.15, 0.2) is 0 Å². The maximum Gasteiger partial charge on any atom is 0.326 e. The number of hydrogen-bond donors (Lipinski definition) is 3. The number of carboxylic acids is 1. The summed E-state index contributed by atoms with van der Waals surface area (Å²) in [4.78, 5) is 35.0. The Balaban J connectivity index is 2.68. The lowest BCUT2D eigenvalue weighted by Crippen LogP contribution is -2.51. The highest BCUT2D eigenvalue weighted by atomic mass is 16.4. The van der Waals surface area contributed by atoms with Crippen LogP contribution in [0.2, 0.25) is 0 Å². The number of nitrogens with one attached hydrogen (secondary N) is 2. The van der Waals surface area contributed by atoms with Crippen molar-refractivity contribution in [3.05, 3.63) is 35.9 Å². The van der Waals surface area contributed by atoms with E-state index in [9.17, 15) is 19.5 Å². The Kier molecular flexibility index (Phi) is 7.95. The molecular formula is C18H26N2O4. The largest absolute Gasteiger partial charge is 0.480 e. The van der Waals surface area contributed by atoms with E-state index in [4.69, 9.17) is 0 Å². The van der Waals surface area contributed by atoms with E-state index in [1.54, 1.807) is 0 Å². The molecule has 0 saturated carbocycles. The fourth-order valence-corrected chi connectivity index (χ4v) is 2.43. The zero-order valence-corrected chi connectivity index (χ0v) is 14.4. The van der Waals surface area contributed by atoms with E-state index in [1.807, 2.05) is 44.2 Å². The number of aryl methyl sites for hydroxylation is 1. The second kappa shape index (κ2) is 9.70. The van der Waals surface area contributed by atoms with Gasteiger partial charge in [-0.3, -0.25) is 9.59 Å². The van der Waals surface area contributed by atoms with Gasteiger partial charge in [0.05, 0.1) is 0 Å². The van der Waals surface area contributed by atoms with Crippen molar-refractivity contribution in [1.82, 2.24) is 10.6 Å². The molecule has 0 aliphatic rings. The minimum absolute atomic E-state index is 0.195. The minimum Gasteiger partial charge on any atom is -0.480 e. The first-order chi connectivity index (χ1) is 11.3. The van der Waals surface area contributed by atoms with Gasteiger partial charge in [0.25, 0.3) is 0 Å². The number of carbonyl (C=O) groups is 3. The SMILES string of the molecule is CC(=O)N[C@@H](CC(C)C)C(=O)N[C@H](CCc1ccccc1)C(=O)O. The highest BCUT2D eigenvalue weighted by molar-refractivity contribution is 5.89. The Morgan fingerprint density at radius 2 is 1.67 bits per heavy atom. The number of benzene rings is 1. The van der Waals surface area contributed by atoms with Crippen molar-refractivity contribution in [2.24, 2.45) is 5.92 Å². The summed E-state index contributed by atoms with van der Waals surface area (Å²) in [6, 6.07) is 7.80. The molecule has 0 saturated heterocycles. The summed E-state index contributed by atoms with van der Waals surface area (Å²) in [6.45, 7) is 5.21. The van der Waals surface area contributed by atoms with Gasteiger partial charge in [0.2, 0.25) is 11.8 Å². The number of amides is 2. The van der Waals surface area contributed by atoms with E-state index in [2.05, 4.69) is 10.6 Å². The number of rotatable bonds is 9. The van der Waals surface area contributed by atoms with Gasteiger partial charge in [0, 0.05) is 6.92 Å². The third-order valence-electron chi connectivity index (χ3n) is 3.58. The number of hydrogen-bond acceptors (Lipinski definition) is 3. The Morgan fingerprint density at radius 3 is 2.17 bits per heavy atom. The summed E-state index contributed by atoms with van der Waals surface area (Å²) in [6.07, 6.45) is 1.29. The van der Waals surface area contributed by atoms with Crippen molar-refractivity contribution in [3.8, 4) is 0 Å². The summed E-state index contributed by atoms with van der Waals surface area (Å²) in [5.41, 5.74) is 1.01. The van der Waals surface area contributed by atoms with E-state index in [1.165, 1.54) is 6.92 Å². The molecular weight excluding hydrogens is 308 g/mol. The van der Waals surface area contributed by atoms with Crippen LogP contribution in [0, 0.1) is 5.92 Å². The normalized spacial score (nSPS) is 13.2. The average molecular weight is 334 g/mol. The lowest BCUT2D eigenvalue weighted by molar-refractivity contribution is -0.142. The highest BCUT2D eigenvalue weighted by Crippen LogP contribution is 2.08. The van der Waals surface area contributed by atoms with Crippen molar-refractivity contribution in [1.29, 1.82) is 0 Å². The molecule has 0 heterocycles. The predicted octanol–water partition coefficient (Wildman–Crippen LogP) is 1.74. The van der Waals surface area contributed by atoms with Gasteiger partial charge < -0.3 is 15.7 Å². The third kappa shape index (κ3) is 7.26. The molecule has 6 nitrogen and oxygen atoms in total. The number of aliphatic carboxylic acids is 1. The Hall–Kier alpha value is -2.37. The van der Waals surface area contributed by atoms with Crippen LogP contribution in [0.4, 0.5) is 0 Å². The molecule has 0 fully saturated rings. The molecule has 24 heavy (non-hydrogen) atoms. The molecule has 0 unspecified atom stereocenters. The number of carboxylic acid groups (broad SMARTS) is 1. The molecule has 0 aliphatic carbocycles. The van der Waals surface area contributed by atoms with E-state index in [0.717, 1.165) is 5.56 Å². The van der Waals surface area contributed by atoms with Crippen LogP contribution in [-0.4, -0.2) is 35.0 Å². The molecule has 3 N–H and O–H groups in total. The maximum atomic E-state index is 12.4. The van der Waals surface area contributed by atoms with Crippen LogP contribution in [0.15, 0.2) is 30.3 Å². The third-order valence-corrected chi connectivity index (χ3v) is 3.58. The first kappa shape index (κ1) is 19.7. The molecule has 1 rings (SSSR count). The summed E-state index contributed by atoms with van der Waals surface area (Å²) in [5, 5.41) is 14.5. The van der Waals surface area contributed by atoms with Gasteiger partial charge in [0.1, 0.15) is 12.1 Å². The Morgan fingerprint density at radius 1 is 1.04 bits per heavy atom. The number of carbonyl (C=O) groups excluding carboxylic acids is 2. The zero-order valence-electron chi connectivity index (χ0n) is 14.4. The fourth-order valence-electron chi connectivity index (χ4n) is 2.43. The standard InChI is InChI=1S/C18H26N2O4/c1-12(2)11-16(19-13(3)21)17(22)20-15(18(23)24)10-9-14-7-5-4-6-8-14/h4-8,12,15-16H,9-11H2,1-3H3,(H,19,21)(H,20,22)(H,23,24)/t15-,16+/m1/s1. The molecule has 0 aliphatic heterocycles. The topological polar surface area (TPSA) is 95.5 Å². The quantitative estimate of drug-likeness (QED) is 0.641. The minimum atomic E-state index is -1.08. The maximum absolute atomic E-state index is 12.4. The van der Waals surface area contributed by atoms with E-state index in [0.29, 0.717) is 19.3 Å². The van der Waals surface area contributed by atoms with Crippen molar-refractivity contribution < 1.29 is 19.5 Å². The summed E-state index contributed by atoms with van der Waals surface area (Å²) in [7, 11) is 0. The summed E-state index contributed by atoms with van der Waals surface area (Å²) < 4.78 is 0. The van der Waals surface area contributed by atoms with Crippen LogP contribution in [0.1, 0.15) is 39.2 Å². The van der Waals surface area contributed by atoms with Crippen LogP contribution >= 0.6 is 0 Å². The molecule has 0 spiro atoms. The first-order valence-corrected chi connectivity index (χ1v) is 8.13. The monoisotopic (exact) mass is 334 g/mol. The van der Waals surface area contributed by atoms with Crippen molar-refractivity contribution in [2.75, 3.05) is 0 Å². The lowest BCUT2D eigenvalue weighted by atomic mass is 10.0. The van der Waals surface area contributed by atoms with E-state index < -0.39 is 24.0 Å². The van der Waals surface area contributed by atoms with Gasteiger partial charge >= 0.3 is 5.97 Å². The first-order valence-electron chi connectivity index (χ1n) is 8.13. The second-order valence-electron chi connectivity index (χ2n) is 6.31. The molecule has 1 aromatic carbocycles. The molecule has 0 bridgehead atoms. The molecule has 132 valence electrons. The molecule has 2 atom stereocenters. The highest BCUT2D eigenvalue weighted by Gasteiger charge is 2.26. The van der Waals surface area contributed by atoms with Crippen molar-refractivity contribution >= 4 is 17.8 Å². The van der Waals surface area contributed by atoms with Gasteiger partial charge in [-0.15, -0.1) is 0 Å². The predicted molar refractivity (Wildman–Crippen MR) is 91.4 cm³/mol. The zero-order chi connectivity index (χ0) is 18.1. The van der Waals surface area contributed by atoms with Crippen LogP contribution < -0.4 is 10.6 Å². The lowest BCUT2D eigenvalue weighted by Gasteiger charge is -2.22. The molecule has 6 heteroatoms. The second-order valence-corrected chi connectivity index (χ2v) is 6.31. The van der Waals surface area contributed by atoms with Crippen LogP contribution in [-0.2, 0) is 20.8 Å². The van der Waals surface area contributed by atoms with Crippen molar-refractivity contribution in [2.45, 2.75) is 52.1 Å². The Bertz CT molecular complexity index is 557. The van der Waals surface area contributed by atoms with Crippen LogP contribution in [0.3, 0.4) is 0 Å². The smallest absolute Gasteiger partial charge is 0.326 e. The van der Waals surface area contributed by atoms with Gasteiger partial charge in [-0.25, -0.2) is 4.79 Å². The van der Waals surface area contributed by atoms with Crippen LogP contribution in [0.5, 0.6) is 0 Å². The van der Waals surface area contributed by atoms with Crippen LogP contribution in [0.25, 0.3) is 0 Å². The van der Waals surface area contributed by atoms with Crippen molar-refractivity contribution in [3.63, 3.8) is 0 Å². The van der Waals surface area contributed by atoms with E-state index >= 15 is 0 Å². The van der Waals surface area contributed by atoms with Gasteiger partial charge in [-0.2, -0.15) is 0 Å². The van der Waals surface area contributed by atoms with Gasteiger partial charge in [-0.05, 0) is 30.7 Å². The molecule has 2 amide bonds. The fraction of sp³-hybridized carbons (Fsp3) is 0.500. The summed E-state index contributed by atoms with van der Waals surface area (Å²) in [5.74, 6) is -1.66.